The lowest BCUT2D eigenvalue weighted by Crippen LogP contribution is -2.57. The van der Waals surface area contributed by atoms with Crippen molar-refractivity contribution in [3.63, 3.8) is 0 Å². The standard InChI is InChI=1S/C32H34ClN9O3/c1-17-15-41(32-34-14-24(33)30(37-32)35-20-5-9-25-19(11-20)12-28(44)39(25)3)16-18(2)42(17)21-6-7-22-26(13-21)40(4)38-29(22)23-8-10-27(43)36-31(23)45/h5-7,9,11,13-14,17-18,23H,8,10,12,15-16H2,1-4H3,(H,34,35,37)(H,36,43,45)/t17-,18-,23-/m1/s1. The molecule has 0 radical (unpaired) electrons. The van der Waals surface area contributed by atoms with Gasteiger partial charge >= 0.3 is 0 Å². The molecule has 0 aliphatic carbocycles. The van der Waals surface area contributed by atoms with Gasteiger partial charge in [0.2, 0.25) is 23.7 Å². The SMILES string of the molecule is C[C@@H]1CN(c2ncc(Cl)c(Nc3ccc4c(c3)CC(=O)N4C)n2)C[C@@H](C)N1c1ccc2c([C@H]3CCC(=O)NC3=O)nn(C)c2c1. The third kappa shape index (κ3) is 5.12. The Balaban J connectivity index is 1.10. The third-order valence-electron chi connectivity index (χ3n) is 9.08. The summed E-state index contributed by atoms with van der Waals surface area (Å²) >= 11 is 6.51. The molecule has 2 aromatic heterocycles. The molecule has 3 amide bonds. The van der Waals surface area contributed by atoms with Gasteiger partial charge in [-0.15, -0.1) is 0 Å². The fourth-order valence-corrected chi connectivity index (χ4v) is 7.06. The van der Waals surface area contributed by atoms with Crippen LogP contribution in [0.3, 0.4) is 0 Å². The number of halogens is 1. The number of carbonyl (C=O) groups is 3. The molecule has 0 spiro atoms. The number of amides is 3. The molecule has 0 bridgehead atoms. The summed E-state index contributed by atoms with van der Waals surface area (Å²) in [6.07, 6.45) is 2.77. The second-order valence-corrected chi connectivity index (χ2v) is 12.6. The molecule has 13 heteroatoms. The first-order valence-corrected chi connectivity index (χ1v) is 15.5. The maximum atomic E-state index is 12.6. The van der Waals surface area contributed by atoms with Crippen LogP contribution in [0.2, 0.25) is 5.02 Å². The molecule has 0 saturated carbocycles. The van der Waals surface area contributed by atoms with E-state index < -0.39 is 5.92 Å². The molecule has 0 unspecified atom stereocenters. The van der Waals surface area contributed by atoms with Crippen molar-refractivity contribution in [1.29, 1.82) is 0 Å². The van der Waals surface area contributed by atoms with Crippen LogP contribution in [0.5, 0.6) is 0 Å². The van der Waals surface area contributed by atoms with E-state index in [1.165, 1.54) is 0 Å². The van der Waals surface area contributed by atoms with Gasteiger partial charge in [-0.2, -0.15) is 10.1 Å². The van der Waals surface area contributed by atoms with Crippen molar-refractivity contribution in [2.75, 3.05) is 40.2 Å². The van der Waals surface area contributed by atoms with Crippen molar-refractivity contribution >= 4 is 69.1 Å². The minimum Gasteiger partial charge on any atom is -0.362 e. The van der Waals surface area contributed by atoms with Crippen molar-refractivity contribution < 1.29 is 14.4 Å². The normalized spacial score (nSPS) is 21.8. The molecular formula is C32H34ClN9O3. The van der Waals surface area contributed by atoms with Gasteiger partial charge in [0.1, 0.15) is 5.02 Å². The van der Waals surface area contributed by atoms with E-state index in [9.17, 15) is 14.4 Å². The summed E-state index contributed by atoms with van der Waals surface area (Å²) in [5, 5.41) is 11.8. The minimum absolute atomic E-state index is 0.0732. The Morgan fingerprint density at radius 2 is 1.80 bits per heavy atom. The summed E-state index contributed by atoms with van der Waals surface area (Å²) in [5.74, 6) is 0.217. The lowest BCUT2D eigenvalue weighted by Gasteiger charge is -2.46. The Labute approximate surface area is 265 Å². The number of likely N-dealkylation sites (N-methyl/N-ethyl adjacent to an activating group) is 1. The molecule has 2 saturated heterocycles. The highest BCUT2D eigenvalue weighted by atomic mass is 35.5. The van der Waals surface area contributed by atoms with E-state index >= 15 is 0 Å². The zero-order valence-corrected chi connectivity index (χ0v) is 26.3. The van der Waals surface area contributed by atoms with Gasteiger partial charge in [0.15, 0.2) is 5.82 Å². The van der Waals surface area contributed by atoms with Crippen LogP contribution in [0.4, 0.5) is 28.8 Å². The van der Waals surface area contributed by atoms with E-state index in [0.29, 0.717) is 54.8 Å². The topological polar surface area (TPSA) is 129 Å². The number of carbonyl (C=O) groups excluding carboxylic acids is 3. The highest BCUT2D eigenvalue weighted by molar-refractivity contribution is 6.33. The largest absolute Gasteiger partial charge is 0.362 e. The van der Waals surface area contributed by atoms with E-state index in [2.05, 4.69) is 51.4 Å². The van der Waals surface area contributed by atoms with Gasteiger partial charge in [-0.25, -0.2) is 4.98 Å². The Morgan fingerprint density at radius 1 is 1.02 bits per heavy atom. The number of hydrogen-bond donors (Lipinski definition) is 2. The number of anilines is 5. The molecular weight excluding hydrogens is 594 g/mol. The van der Waals surface area contributed by atoms with E-state index in [-0.39, 0.29) is 29.8 Å². The molecule has 3 atom stereocenters. The second kappa shape index (κ2) is 11.0. The lowest BCUT2D eigenvalue weighted by molar-refractivity contribution is -0.134. The lowest BCUT2D eigenvalue weighted by atomic mass is 9.92. The summed E-state index contributed by atoms with van der Waals surface area (Å²) in [7, 11) is 3.67. The van der Waals surface area contributed by atoms with Crippen LogP contribution in [0, 0.1) is 0 Å². The summed E-state index contributed by atoms with van der Waals surface area (Å²) in [6.45, 7) is 5.76. The van der Waals surface area contributed by atoms with Gasteiger partial charge in [-0.05, 0) is 62.2 Å². The number of benzene rings is 2. The van der Waals surface area contributed by atoms with Crippen molar-refractivity contribution in [3.05, 3.63) is 58.9 Å². The number of piperazine rings is 1. The molecule has 3 aliphatic heterocycles. The Hall–Kier alpha value is -4.71. The fourth-order valence-electron chi connectivity index (χ4n) is 6.92. The maximum absolute atomic E-state index is 12.6. The van der Waals surface area contributed by atoms with E-state index in [4.69, 9.17) is 21.7 Å². The minimum atomic E-state index is -0.439. The Bertz CT molecular complexity index is 1860. The highest BCUT2D eigenvalue weighted by Crippen LogP contribution is 2.36. The average molecular weight is 628 g/mol. The number of aryl methyl sites for hydroxylation is 1. The van der Waals surface area contributed by atoms with Crippen LogP contribution >= 0.6 is 11.6 Å². The van der Waals surface area contributed by atoms with Crippen molar-refractivity contribution in [1.82, 2.24) is 25.1 Å². The number of imide groups is 1. The molecule has 7 rings (SSSR count). The van der Waals surface area contributed by atoms with E-state index in [1.807, 2.05) is 36.0 Å². The molecule has 232 valence electrons. The predicted octanol–water partition coefficient (Wildman–Crippen LogP) is 3.90. The van der Waals surface area contributed by atoms with Gasteiger partial charge in [-0.3, -0.25) is 24.4 Å². The van der Waals surface area contributed by atoms with Crippen molar-refractivity contribution in [2.24, 2.45) is 7.05 Å². The number of piperidine rings is 1. The number of nitrogens with zero attached hydrogens (tertiary/aromatic N) is 7. The molecule has 2 fully saturated rings. The van der Waals surface area contributed by atoms with Crippen LogP contribution in [0.25, 0.3) is 10.9 Å². The second-order valence-electron chi connectivity index (χ2n) is 12.2. The summed E-state index contributed by atoms with van der Waals surface area (Å²) in [4.78, 5) is 52.0. The number of rotatable bonds is 5. The Morgan fingerprint density at radius 3 is 2.56 bits per heavy atom. The van der Waals surface area contributed by atoms with Crippen LogP contribution in [0.15, 0.2) is 42.6 Å². The average Bonchev–Trinajstić information content (AvgIpc) is 3.47. The predicted molar refractivity (Wildman–Crippen MR) is 173 cm³/mol. The van der Waals surface area contributed by atoms with Crippen LogP contribution in [0.1, 0.15) is 43.9 Å². The third-order valence-corrected chi connectivity index (χ3v) is 9.36. The van der Waals surface area contributed by atoms with Gasteiger partial charge in [0.25, 0.3) is 0 Å². The molecule has 3 aliphatic rings. The van der Waals surface area contributed by atoms with E-state index in [1.54, 1.807) is 18.1 Å². The first-order chi connectivity index (χ1) is 21.6. The number of fused-ring (bicyclic) bond motifs is 2. The fraction of sp³-hybridized carbons (Fsp3) is 0.375. The number of hydrogen-bond acceptors (Lipinski definition) is 9. The van der Waals surface area contributed by atoms with E-state index in [0.717, 1.165) is 33.5 Å². The summed E-state index contributed by atoms with van der Waals surface area (Å²) < 4.78 is 1.82. The van der Waals surface area contributed by atoms with Gasteiger partial charge < -0.3 is 20.0 Å². The maximum Gasteiger partial charge on any atom is 0.235 e. The monoisotopic (exact) mass is 627 g/mol. The highest BCUT2D eigenvalue weighted by Gasteiger charge is 2.34. The molecule has 5 heterocycles. The van der Waals surface area contributed by atoms with Crippen LogP contribution in [-0.4, -0.2) is 69.7 Å². The quantitative estimate of drug-likeness (QED) is 0.317. The summed E-state index contributed by atoms with van der Waals surface area (Å²) in [5.41, 5.74) is 5.40. The van der Waals surface area contributed by atoms with Crippen LogP contribution in [-0.2, 0) is 27.9 Å². The molecule has 4 aromatic rings. The van der Waals surface area contributed by atoms with Gasteiger partial charge in [0.05, 0.1) is 29.7 Å². The zero-order valence-electron chi connectivity index (χ0n) is 25.5. The van der Waals surface area contributed by atoms with Gasteiger partial charge in [0, 0.05) is 68.1 Å². The molecule has 2 aromatic carbocycles. The van der Waals surface area contributed by atoms with Crippen molar-refractivity contribution in [3.8, 4) is 0 Å². The molecule has 12 nitrogen and oxygen atoms in total. The molecule has 45 heavy (non-hydrogen) atoms. The first kappa shape index (κ1) is 29.0. The van der Waals surface area contributed by atoms with Crippen molar-refractivity contribution in [2.45, 2.75) is 51.1 Å². The zero-order chi connectivity index (χ0) is 31.6. The summed E-state index contributed by atoms with van der Waals surface area (Å²) in [6, 6.07) is 12.3. The number of nitrogens with one attached hydrogen (secondary N) is 2. The first-order valence-electron chi connectivity index (χ1n) is 15.1. The van der Waals surface area contributed by atoms with Gasteiger partial charge in [-0.1, -0.05) is 11.6 Å². The van der Waals surface area contributed by atoms with Crippen LogP contribution < -0.4 is 25.3 Å². The number of aromatic nitrogens is 4. The molecule has 2 N–H and O–H groups in total. The smallest absolute Gasteiger partial charge is 0.235 e. The Kier molecular flexibility index (Phi) is 7.11.